The molecule has 9 heteroatoms. The molecular formula is C24H33FN4O4. The van der Waals surface area contributed by atoms with Crippen LogP contribution in [0, 0.1) is 11.2 Å². The van der Waals surface area contributed by atoms with Gasteiger partial charge in [-0.1, -0.05) is 25.9 Å². The summed E-state index contributed by atoms with van der Waals surface area (Å²) in [6.07, 6.45) is 0.638. The van der Waals surface area contributed by atoms with Gasteiger partial charge < -0.3 is 9.57 Å². The van der Waals surface area contributed by atoms with Crippen LogP contribution in [0.15, 0.2) is 34.2 Å². The van der Waals surface area contributed by atoms with Crippen LogP contribution < -0.4 is 15.3 Å². The third-order valence-corrected chi connectivity index (χ3v) is 4.85. The molecule has 1 amide bonds. The zero-order valence-corrected chi connectivity index (χ0v) is 20.6. The van der Waals surface area contributed by atoms with Gasteiger partial charge in [-0.25, -0.2) is 9.40 Å². The SMILES string of the molecule is COc1ccc(F)cc1CCc1cc(/C(C)=N/OC(C)C)c(=O)n(N(C)C(=O)C(C)(C)C)n1. The molecule has 0 aliphatic rings. The molecule has 0 aliphatic carbocycles. The molecule has 8 nitrogen and oxygen atoms in total. The molecule has 0 fully saturated rings. The maximum atomic E-state index is 13.8. The number of aryl methyl sites for hydroxylation is 2. The highest BCUT2D eigenvalue weighted by molar-refractivity contribution is 5.98. The van der Waals surface area contributed by atoms with Gasteiger partial charge >= 0.3 is 0 Å². The molecule has 2 rings (SSSR count). The van der Waals surface area contributed by atoms with Gasteiger partial charge in [-0.3, -0.25) is 9.59 Å². The van der Waals surface area contributed by atoms with Crippen molar-refractivity contribution in [2.75, 3.05) is 19.2 Å². The lowest BCUT2D eigenvalue weighted by molar-refractivity contribution is -0.127. The summed E-state index contributed by atoms with van der Waals surface area (Å²) in [6, 6.07) is 5.94. The Balaban J connectivity index is 2.53. The van der Waals surface area contributed by atoms with Crippen molar-refractivity contribution >= 4 is 11.6 Å². The van der Waals surface area contributed by atoms with Gasteiger partial charge in [-0.2, -0.15) is 5.10 Å². The first-order valence-corrected chi connectivity index (χ1v) is 10.8. The molecular weight excluding hydrogens is 427 g/mol. The number of halogens is 1. The van der Waals surface area contributed by atoms with Crippen molar-refractivity contribution in [3.05, 3.63) is 57.3 Å². The van der Waals surface area contributed by atoms with Crippen molar-refractivity contribution in [2.24, 2.45) is 10.6 Å². The number of hydrogen-bond acceptors (Lipinski definition) is 6. The second-order valence-corrected chi connectivity index (χ2v) is 9.11. The van der Waals surface area contributed by atoms with E-state index >= 15 is 0 Å². The predicted molar refractivity (Wildman–Crippen MR) is 126 cm³/mol. The van der Waals surface area contributed by atoms with E-state index < -0.39 is 11.0 Å². The molecule has 0 spiro atoms. The van der Waals surface area contributed by atoms with Crippen molar-refractivity contribution in [3.63, 3.8) is 0 Å². The lowest BCUT2D eigenvalue weighted by Gasteiger charge is -2.26. The minimum absolute atomic E-state index is 0.158. The topological polar surface area (TPSA) is 86.0 Å². The molecule has 1 aromatic heterocycles. The second-order valence-electron chi connectivity index (χ2n) is 9.11. The first kappa shape index (κ1) is 26.0. The van der Waals surface area contributed by atoms with Gasteiger partial charge in [0.2, 0.25) is 5.91 Å². The van der Waals surface area contributed by atoms with E-state index in [1.165, 1.54) is 31.3 Å². The van der Waals surface area contributed by atoms with Crippen molar-refractivity contribution in [1.82, 2.24) is 9.89 Å². The van der Waals surface area contributed by atoms with Crippen LogP contribution in [0.1, 0.15) is 58.4 Å². The summed E-state index contributed by atoms with van der Waals surface area (Å²) in [4.78, 5) is 32.4. The summed E-state index contributed by atoms with van der Waals surface area (Å²) in [7, 11) is 3.02. The van der Waals surface area contributed by atoms with Crippen molar-refractivity contribution in [2.45, 2.75) is 60.5 Å². The average molecular weight is 461 g/mol. The molecule has 180 valence electrons. The van der Waals surface area contributed by atoms with Gasteiger partial charge in [0.1, 0.15) is 17.7 Å². The quantitative estimate of drug-likeness (QED) is 0.445. The Morgan fingerprint density at radius 2 is 1.91 bits per heavy atom. The third kappa shape index (κ3) is 6.63. The number of carbonyl (C=O) groups excluding carboxylic acids is 1. The van der Waals surface area contributed by atoms with Crippen LogP contribution in [-0.2, 0) is 22.5 Å². The molecule has 0 aliphatic heterocycles. The van der Waals surface area contributed by atoms with Crippen LogP contribution in [0.4, 0.5) is 4.39 Å². The minimum atomic E-state index is -0.717. The van der Waals surface area contributed by atoms with Gasteiger partial charge in [-0.05, 0) is 63.4 Å². The van der Waals surface area contributed by atoms with E-state index in [4.69, 9.17) is 9.57 Å². The number of carbonyl (C=O) groups is 1. The largest absolute Gasteiger partial charge is 0.496 e. The van der Waals surface area contributed by atoms with E-state index in [1.807, 2.05) is 13.8 Å². The molecule has 0 unspecified atom stereocenters. The maximum absolute atomic E-state index is 13.8. The van der Waals surface area contributed by atoms with Crippen LogP contribution >= 0.6 is 0 Å². The highest BCUT2D eigenvalue weighted by atomic mass is 19.1. The molecule has 1 aromatic carbocycles. The Hall–Kier alpha value is -3.23. The highest BCUT2D eigenvalue weighted by Crippen LogP contribution is 2.21. The van der Waals surface area contributed by atoms with Gasteiger partial charge in [0, 0.05) is 12.5 Å². The molecule has 33 heavy (non-hydrogen) atoms. The van der Waals surface area contributed by atoms with E-state index in [1.54, 1.807) is 39.8 Å². The summed E-state index contributed by atoms with van der Waals surface area (Å²) >= 11 is 0. The molecule has 0 saturated heterocycles. The molecule has 0 N–H and O–H groups in total. The number of benzene rings is 1. The zero-order chi connectivity index (χ0) is 24.9. The molecule has 1 heterocycles. The first-order chi connectivity index (χ1) is 15.3. The van der Waals surface area contributed by atoms with E-state index in [9.17, 15) is 14.0 Å². The van der Waals surface area contributed by atoms with Crippen LogP contribution in [0.2, 0.25) is 0 Å². The van der Waals surface area contributed by atoms with E-state index in [0.29, 0.717) is 35.6 Å². The highest BCUT2D eigenvalue weighted by Gasteiger charge is 2.28. The molecule has 0 bridgehead atoms. The lowest BCUT2D eigenvalue weighted by Crippen LogP contribution is -2.50. The Morgan fingerprint density at radius 1 is 1.24 bits per heavy atom. The Bertz CT molecular complexity index is 1090. The van der Waals surface area contributed by atoms with Crippen LogP contribution in [-0.4, -0.2) is 41.8 Å². The van der Waals surface area contributed by atoms with E-state index in [0.717, 1.165) is 4.79 Å². The van der Waals surface area contributed by atoms with E-state index in [2.05, 4.69) is 10.3 Å². The van der Waals surface area contributed by atoms with Gasteiger partial charge in [0.05, 0.1) is 24.1 Å². The van der Waals surface area contributed by atoms with Gasteiger partial charge in [-0.15, -0.1) is 4.79 Å². The second kappa shape index (κ2) is 10.6. The molecule has 0 atom stereocenters. The number of amides is 1. The fourth-order valence-electron chi connectivity index (χ4n) is 3.13. The Morgan fingerprint density at radius 3 is 2.48 bits per heavy atom. The standard InChI is InChI=1S/C24H33FN4O4/c1-15(2)33-27-16(3)20-14-19(11-9-17-13-18(25)10-12-21(17)32-8)26-29(22(20)30)28(7)23(31)24(4,5)6/h10,12-15H,9,11H2,1-8H3/b27-16+. The molecule has 0 saturated carbocycles. The van der Waals surface area contributed by atoms with Crippen molar-refractivity contribution < 1.29 is 18.8 Å². The van der Waals surface area contributed by atoms with Gasteiger partial charge in [0.15, 0.2) is 0 Å². The first-order valence-electron chi connectivity index (χ1n) is 10.8. The van der Waals surface area contributed by atoms with E-state index in [-0.39, 0.29) is 23.4 Å². The number of aromatic nitrogens is 2. The third-order valence-electron chi connectivity index (χ3n) is 4.85. The smallest absolute Gasteiger partial charge is 0.295 e. The van der Waals surface area contributed by atoms with Crippen LogP contribution in [0.3, 0.4) is 0 Å². The zero-order valence-electron chi connectivity index (χ0n) is 20.6. The fraction of sp³-hybridized carbons (Fsp3) is 0.500. The summed E-state index contributed by atoms with van der Waals surface area (Å²) in [5, 5.41) is 9.67. The van der Waals surface area contributed by atoms with Gasteiger partial charge in [0.25, 0.3) is 5.56 Å². The van der Waals surface area contributed by atoms with Crippen LogP contribution in [0.5, 0.6) is 5.75 Å². The predicted octanol–water partition coefficient (Wildman–Crippen LogP) is 3.47. The normalized spacial score (nSPS) is 12.1. The fourth-order valence-corrected chi connectivity index (χ4v) is 3.13. The number of rotatable bonds is 8. The number of oxime groups is 1. The number of hydrogen-bond donors (Lipinski definition) is 0. The number of methoxy groups -OCH3 is 1. The summed E-state index contributed by atoms with van der Waals surface area (Å²) in [5.41, 5.74) is 0.627. The lowest BCUT2D eigenvalue weighted by atomic mass is 9.95. The average Bonchev–Trinajstić information content (AvgIpc) is 2.75. The summed E-state index contributed by atoms with van der Waals surface area (Å²) in [5.74, 6) is -0.0817. The van der Waals surface area contributed by atoms with Crippen molar-refractivity contribution in [1.29, 1.82) is 0 Å². The van der Waals surface area contributed by atoms with Crippen molar-refractivity contribution in [3.8, 4) is 5.75 Å². The van der Waals surface area contributed by atoms with Crippen LogP contribution in [0.25, 0.3) is 0 Å². The number of nitrogens with zero attached hydrogens (tertiary/aromatic N) is 4. The maximum Gasteiger partial charge on any atom is 0.295 e. The molecule has 2 aromatic rings. The molecule has 0 radical (unpaired) electrons. The Kier molecular flexibility index (Phi) is 8.35. The monoisotopic (exact) mass is 460 g/mol. The summed E-state index contributed by atoms with van der Waals surface area (Å²) < 4.78 is 19.1. The minimum Gasteiger partial charge on any atom is -0.496 e. The summed E-state index contributed by atoms with van der Waals surface area (Å²) in [6.45, 7) is 10.6. The Labute approximate surface area is 194 Å². The number of ether oxygens (including phenoxy) is 1.